The van der Waals surface area contributed by atoms with Crippen molar-refractivity contribution >= 4 is 11.7 Å². The molecule has 0 bridgehead atoms. The van der Waals surface area contributed by atoms with Crippen molar-refractivity contribution in [1.29, 1.82) is 0 Å². The van der Waals surface area contributed by atoms with E-state index in [2.05, 4.69) is 0 Å². The number of hydrogen-bond acceptors (Lipinski definition) is 2. The first kappa shape index (κ1) is 14.3. The fourth-order valence-corrected chi connectivity index (χ4v) is 3.84. The van der Waals surface area contributed by atoms with Crippen molar-refractivity contribution in [2.45, 2.75) is 51.5 Å². The number of carbonyl (C=O) groups is 2. The molecule has 0 N–H and O–H groups in total. The summed E-state index contributed by atoms with van der Waals surface area (Å²) in [5.74, 6) is 0.662. The van der Waals surface area contributed by atoms with Crippen molar-refractivity contribution in [1.82, 2.24) is 4.90 Å². The quantitative estimate of drug-likeness (QED) is 0.856. The van der Waals surface area contributed by atoms with Crippen LogP contribution >= 0.6 is 0 Å². The van der Waals surface area contributed by atoms with E-state index in [-0.39, 0.29) is 17.9 Å². The second kappa shape index (κ2) is 6.00. The van der Waals surface area contributed by atoms with E-state index in [9.17, 15) is 9.59 Å². The van der Waals surface area contributed by atoms with Crippen LogP contribution in [-0.2, 0) is 16.0 Å². The minimum absolute atomic E-state index is 0.105. The molecule has 2 atom stereocenters. The Kier molecular flexibility index (Phi) is 4.09. The van der Waals surface area contributed by atoms with Gasteiger partial charge in [-0.1, -0.05) is 24.3 Å². The molecule has 1 aromatic carbocycles. The SMILES string of the molecule is Cc1ccccc1CC(=O)N1CCCC1C1CCCC1=O. The van der Waals surface area contributed by atoms with Crippen LogP contribution in [0.5, 0.6) is 0 Å². The molecule has 0 spiro atoms. The minimum Gasteiger partial charge on any atom is -0.339 e. The number of rotatable bonds is 3. The fourth-order valence-electron chi connectivity index (χ4n) is 3.84. The number of likely N-dealkylation sites (tertiary alicyclic amines) is 1. The number of amides is 1. The van der Waals surface area contributed by atoms with Gasteiger partial charge in [0.2, 0.25) is 5.91 Å². The third-order valence-electron chi connectivity index (χ3n) is 5.04. The number of aryl methyl sites for hydroxylation is 1. The molecular formula is C18H23NO2. The van der Waals surface area contributed by atoms with Crippen LogP contribution in [0, 0.1) is 12.8 Å². The van der Waals surface area contributed by atoms with Crippen LogP contribution < -0.4 is 0 Å². The molecule has 2 fully saturated rings. The maximum Gasteiger partial charge on any atom is 0.227 e. The Hall–Kier alpha value is -1.64. The van der Waals surface area contributed by atoms with Crippen LogP contribution in [0.15, 0.2) is 24.3 Å². The summed E-state index contributed by atoms with van der Waals surface area (Å²) in [4.78, 5) is 26.6. The average Bonchev–Trinajstić information content (AvgIpc) is 3.09. The lowest BCUT2D eigenvalue weighted by Gasteiger charge is -2.29. The fraction of sp³-hybridized carbons (Fsp3) is 0.556. The molecule has 3 rings (SSSR count). The van der Waals surface area contributed by atoms with E-state index in [0.717, 1.165) is 37.8 Å². The van der Waals surface area contributed by atoms with Gasteiger partial charge in [0.05, 0.1) is 6.42 Å². The number of hydrogen-bond donors (Lipinski definition) is 0. The highest BCUT2D eigenvalue weighted by molar-refractivity contribution is 5.85. The largest absolute Gasteiger partial charge is 0.339 e. The Labute approximate surface area is 126 Å². The van der Waals surface area contributed by atoms with Gasteiger partial charge in [-0.15, -0.1) is 0 Å². The molecule has 1 heterocycles. The Morgan fingerprint density at radius 1 is 1.24 bits per heavy atom. The highest BCUT2D eigenvalue weighted by Crippen LogP contribution is 2.33. The minimum atomic E-state index is 0.105. The predicted molar refractivity (Wildman–Crippen MR) is 82.0 cm³/mol. The Bertz CT molecular complexity index is 552. The maximum absolute atomic E-state index is 12.7. The van der Waals surface area contributed by atoms with Gasteiger partial charge in [0.15, 0.2) is 0 Å². The molecule has 0 radical (unpaired) electrons. The Morgan fingerprint density at radius 3 is 2.76 bits per heavy atom. The number of nitrogens with zero attached hydrogens (tertiary/aromatic N) is 1. The molecule has 3 nitrogen and oxygen atoms in total. The molecule has 2 aliphatic rings. The third kappa shape index (κ3) is 2.87. The highest BCUT2D eigenvalue weighted by atomic mass is 16.2. The van der Waals surface area contributed by atoms with Gasteiger partial charge in [-0.25, -0.2) is 0 Å². The van der Waals surface area contributed by atoms with Crippen molar-refractivity contribution in [3.63, 3.8) is 0 Å². The zero-order valence-electron chi connectivity index (χ0n) is 12.7. The lowest BCUT2D eigenvalue weighted by atomic mass is 9.94. The number of Topliss-reactive ketones (excluding diaryl/α,β-unsaturated/α-hetero) is 1. The monoisotopic (exact) mass is 285 g/mol. The number of ketones is 1. The summed E-state index contributed by atoms with van der Waals surface area (Å²) >= 11 is 0. The molecule has 1 saturated heterocycles. The molecule has 0 aromatic heterocycles. The Balaban J connectivity index is 1.71. The molecule has 1 aliphatic carbocycles. The van der Waals surface area contributed by atoms with E-state index in [0.29, 0.717) is 18.6 Å². The number of benzene rings is 1. The van der Waals surface area contributed by atoms with Crippen molar-refractivity contribution < 1.29 is 9.59 Å². The summed E-state index contributed by atoms with van der Waals surface area (Å²) in [6.45, 7) is 2.86. The lowest BCUT2D eigenvalue weighted by molar-refractivity contribution is -0.133. The molecule has 3 heteroatoms. The summed E-state index contributed by atoms with van der Waals surface area (Å²) in [7, 11) is 0. The Morgan fingerprint density at radius 2 is 2.05 bits per heavy atom. The molecule has 1 saturated carbocycles. The van der Waals surface area contributed by atoms with Crippen LogP contribution in [0.25, 0.3) is 0 Å². The molecule has 112 valence electrons. The van der Waals surface area contributed by atoms with Gasteiger partial charge in [0, 0.05) is 24.9 Å². The van der Waals surface area contributed by atoms with Gasteiger partial charge < -0.3 is 4.90 Å². The zero-order chi connectivity index (χ0) is 14.8. The third-order valence-corrected chi connectivity index (χ3v) is 5.04. The summed E-state index contributed by atoms with van der Waals surface area (Å²) in [6.07, 6.45) is 5.17. The molecule has 1 amide bonds. The predicted octanol–water partition coefficient (Wildman–Crippen LogP) is 2.90. The summed E-state index contributed by atoms with van der Waals surface area (Å²) < 4.78 is 0. The first-order chi connectivity index (χ1) is 10.2. The summed E-state index contributed by atoms with van der Waals surface area (Å²) in [5.41, 5.74) is 2.27. The van der Waals surface area contributed by atoms with Gasteiger partial charge in [0.25, 0.3) is 0 Å². The smallest absolute Gasteiger partial charge is 0.227 e. The van der Waals surface area contributed by atoms with Crippen molar-refractivity contribution in [3.05, 3.63) is 35.4 Å². The second-order valence-electron chi connectivity index (χ2n) is 6.37. The highest BCUT2D eigenvalue weighted by Gasteiger charge is 2.39. The first-order valence-corrected chi connectivity index (χ1v) is 8.03. The van der Waals surface area contributed by atoms with Crippen molar-refractivity contribution in [2.24, 2.45) is 5.92 Å². The zero-order valence-corrected chi connectivity index (χ0v) is 12.7. The maximum atomic E-state index is 12.7. The summed E-state index contributed by atoms with van der Waals surface area (Å²) in [6, 6.07) is 8.22. The van der Waals surface area contributed by atoms with Gasteiger partial charge >= 0.3 is 0 Å². The van der Waals surface area contributed by atoms with E-state index in [1.165, 1.54) is 5.56 Å². The van der Waals surface area contributed by atoms with E-state index >= 15 is 0 Å². The van der Waals surface area contributed by atoms with Crippen LogP contribution in [0.4, 0.5) is 0 Å². The first-order valence-electron chi connectivity index (χ1n) is 8.03. The van der Waals surface area contributed by atoms with Gasteiger partial charge in [-0.2, -0.15) is 0 Å². The van der Waals surface area contributed by atoms with Crippen LogP contribution in [0.2, 0.25) is 0 Å². The van der Waals surface area contributed by atoms with Gasteiger partial charge in [-0.3, -0.25) is 9.59 Å². The topological polar surface area (TPSA) is 37.4 Å². The normalized spacial score (nSPS) is 25.6. The van der Waals surface area contributed by atoms with Crippen LogP contribution in [0.3, 0.4) is 0 Å². The molecule has 21 heavy (non-hydrogen) atoms. The lowest BCUT2D eigenvalue weighted by Crippen LogP contribution is -2.42. The van der Waals surface area contributed by atoms with E-state index in [1.807, 2.05) is 36.1 Å². The van der Waals surface area contributed by atoms with Gasteiger partial charge in [-0.05, 0) is 43.7 Å². The molecule has 2 unspecified atom stereocenters. The standard InChI is InChI=1S/C18H23NO2/c1-13-6-2-3-7-14(13)12-18(21)19-11-5-9-16(19)15-8-4-10-17(15)20/h2-3,6-7,15-16H,4-5,8-12H2,1H3. The van der Waals surface area contributed by atoms with Crippen LogP contribution in [0.1, 0.15) is 43.2 Å². The second-order valence-corrected chi connectivity index (χ2v) is 6.37. The summed E-state index contributed by atoms with van der Waals surface area (Å²) in [5, 5.41) is 0. The molecular weight excluding hydrogens is 262 g/mol. The molecule has 1 aromatic rings. The molecule has 1 aliphatic heterocycles. The average molecular weight is 285 g/mol. The van der Waals surface area contributed by atoms with Crippen molar-refractivity contribution in [2.75, 3.05) is 6.54 Å². The van der Waals surface area contributed by atoms with E-state index in [1.54, 1.807) is 0 Å². The number of carbonyl (C=O) groups excluding carboxylic acids is 2. The van der Waals surface area contributed by atoms with E-state index in [4.69, 9.17) is 0 Å². The van der Waals surface area contributed by atoms with Crippen molar-refractivity contribution in [3.8, 4) is 0 Å². The van der Waals surface area contributed by atoms with Gasteiger partial charge in [0.1, 0.15) is 5.78 Å². The van der Waals surface area contributed by atoms with E-state index < -0.39 is 0 Å². The van der Waals surface area contributed by atoms with Crippen LogP contribution in [-0.4, -0.2) is 29.2 Å².